The van der Waals surface area contributed by atoms with Crippen molar-refractivity contribution in [2.75, 3.05) is 0 Å². The fourth-order valence-electron chi connectivity index (χ4n) is 0.450. The lowest BCUT2D eigenvalue weighted by Gasteiger charge is -1.80. The van der Waals surface area contributed by atoms with Crippen LogP contribution in [0.2, 0.25) is 0 Å². The topological polar surface area (TPSA) is 97.5 Å². The lowest BCUT2D eigenvalue weighted by atomic mass is 10.4. The van der Waals surface area contributed by atoms with Crippen LogP contribution in [-0.4, -0.2) is 0 Å². The van der Waals surface area contributed by atoms with Crippen molar-refractivity contribution in [3.63, 3.8) is 0 Å². The summed E-state index contributed by atoms with van der Waals surface area (Å²) >= 11 is 3.31. The van der Waals surface area contributed by atoms with Gasteiger partial charge < -0.3 is 0 Å². The highest BCUT2D eigenvalue weighted by Crippen LogP contribution is 2.05. The Balaban J connectivity index is 0.000000226. The molecule has 0 aromatic heterocycles. The minimum absolute atomic E-state index is 1.13. The van der Waals surface area contributed by atoms with Gasteiger partial charge in [0.15, 0.2) is 0 Å². The zero-order valence-electron chi connectivity index (χ0n) is 6.45. The molecule has 0 aliphatic rings. The molecule has 6 nitrogen and oxygen atoms in total. The largest absolute Gasteiger partial charge is 0.280 e. The molecule has 0 aliphatic heterocycles. The van der Waals surface area contributed by atoms with Crippen LogP contribution in [0.3, 0.4) is 0 Å². The maximum Gasteiger partial charge on any atom is 0.280 e. The van der Waals surface area contributed by atoms with Gasteiger partial charge in [-0.25, -0.2) is 0 Å². The summed E-state index contributed by atoms with van der Waals surface area (Å²) in [5.41, 5.74) is 14.8. The zero-order valence-corrected chi connectivity index (χ0v) is 8.03. The molecule has 0 unspecified atom stereocenters. The number of halogens is 1. The van der Waals surface area contributed by atoms with Gasteiger partial charge in [0.1, 0.15) is 0 Å². The van der Waals surface area contributed by atoms with E-state index in [0.717, 1.165) is 4.47 Å². The van der Waals surface area contributed by atoms with E-state index in [0.29, 0.717) is 0 Å². The summed E-state index contributed by atoms with van der Waals surface area (Å²) < 4.78 is 1.13. The first-order valence-corrected chi connectivity index (χ1v) is 3.89. The highest BCUT2D eigenvalue weighted by molar-refractivity contribution is 9.10. The van der Waals surface area contributed by atoms with Crippen LogP contribution >= 0.6 is 15.9 Å². The number of nitrogens with zero attached hydrogens (tertiary/aromatic N) is 6. The molecule has 0 saturated heterocycles. The predicted octanol–water partition coefficient (Wildman–Crippen LogP) is 3.97. The fraction of sp³-hybridized carbons (Fsp3) is 0. The highest BCUT2D eigenvalue weighted by Gasteiger charge is 1.74. The Morgan fingerprint density at radius 3 is 1.69 bits per heavy atom. The number of rotatable bonds is 1. The summed E-state index contributed by atoms with van der Waals surface area (Å²) in [5.74, 6) is 0. The van der Waals surface area contributed by atoms with Crippen LogP contribution in [-0.2, 0) is 0 Å². The third-order valence-electron chi connectivity index (χ3n) is 0.853. The summed E-state index contributed by atoms with van der Waals surface area (Å²) in [6, 6.07) is 9.97. The number of hydrogen-bond donors (Lipinski definition) is 0. The molecule has 7 heteroatoms. The second-order valence-corrected chi connectivity index (χ2v) is 2.57. The van der Waals surface area contributed by atoms with Crippen LogP contribution in [0.25, 0.3) is 20.9 Å². The monoisotopic (exact) mass is 240 g/mol. The Bertz CT molecular complexity index is 308. The molecule has 0 radical (unpaired) electrons. The molecule has 1 rings (SSSR count). The van der Waals surface area contributed by atoms with Crippen molar-refractivity contribution in [2.45, 2.75) is 0 Å². The Kier molecular flexibility index (Phi) is 7.33. The standard InChI is InChI=1S/C6H5Br.N6/c7-6-4-2-1-3-5-6;1-3-5-6-4-2/h1-5H;. The molecule has 0 heterocycles. The minimum atomic E-state index is 1.13. The molecule has 0 atom stereocenters. The van der Waals surface area contributed by atoms with E-state index in [1.807, 2.05) is 30.3 Å². The third-order valence-corrected chi connectivity index (χ3v) is 1.38. The smallest absolute Gasteiger partial charge is 0.160 e. The quantitative estimate of drug-likeness (QED) is 0.307. The lowest BCUT2D eigenvalue weighted by molar-refractivity contribution is 1.17. The van der Waals surface area contributed by atoms with E-state index >= 15 is 0 Å². The van der Waals surface area contributed by atoms with Gasteiger partial charge in [0.2, 0.25) is 0 Å². The van der Waals surface area contributed by atoms with Gasteiger partial charge in [0.05, 0.1) is 5.22 Å². The van der Waals surface area contributed by atoms with Gasteiger partial charge in [0.25, 0.3) is 5.22 Å². The van der Waals surface area contributed by atoms with E-state index in [4.69, 9.17) is 11.1 Å². The van der Waals surface area contributed by atoms with Gasteiger partial charge in [-0.1, -0.05) is 39.7 Å². The van der Waals surface area contributed by atoms with Crippen LogP contribution in [0.5, 0.6) is 0 Å². The molecule has 0 N–H and O–H groups in total. The SMILES string of the molecule is Brc1ccccc1.[N-]=[N+]=NN=[N+]=[N-]. The van der Waals surface area contributed by atoms with E-state index < -0.39 is 0 Å². The first-order chi connectivity index (χ1) is 6.31. The molecule has 0 spiro atoms. The van der Waals surface area contributed by atoms with Crippen molar-refractivity contribution in [3.8, 4) is 0 Å². The molecular weight excluding hydrogens is 236 g/mol. The van der Waals surface area contributed by atoms with Gasteiger partial charge in [-0.3, -0.25) is 0 Å². The van der Waals surface area contributed by atoms with E-state index in [-0.39, 0.29) is 0 Å². The van der Waals surface area contributed by atoms with E-state index in [1.165, 1.54) is 0 Å². The van der Waals surface area contributed by atoms with Crippen molar-refractivity contribution in [2.24, 2.45) is 10.4 Å². The molecule has 0 fully saturated rings. The number of hydrogen-bond acceptors (Lipinski definition) is 0. The second-order valence-electron chi connectivity index (χ2n) is 1.65. The molecule has 1 aromatic carbocycles. The molecular formula is C6H5BrN6. The van der Waals surface area contributed by atoms with E-state index in [9.17, 15) is 0 Å². The predicted molar refractivity (Wildman–Crippen MR) is 52.4 cm³/mol. The summed E-state index contributed by atoms with van der Waals surface area (Å²) in [4.78, 5) is 4.26. The molecule has 0 aliphatic carbocycles. The molecule has 1 aromatic rings. The molecule has 0 amide bonds. The van der Waals surface area contributed by atoms with Gasteiger partial charge in [-0.15, -0.1) is 5.53 Å². The van der Waals surface area contributed by atoms with Crippen LogP contribution in [0.15, 0.2) is 45.3 Å². The summed E-state index contributed by atoms with van der Waals surface area (Å²) in [7, 11) is 0. The summed E-state index contributed by atoms with van der Waals surface area (Å²) in [6.07, 6.45) is 0. The minimum Gasteiger partial charge on any atom is -0.160 e. The third kappa shape index (κ3) is 8.22. The van der Waals surface area contributed by atoms with Crippen molar-refractivity contribution >= 4 is 15.9 Å². The average molecular weight is 241 g/mol. The van der Waals surface area contributed by atoms with Gasteiger partial charge in [-0.05, 0) is 12.1 Å². The Morgan fingerprint density at radius 1 is 1.00 bits per heavy atom. The van der Waals surface area contributed by atoms with Gasteiger partial charge in [-0.2, -0.15) is 4.91 Å². The van der Waals surface area contributed by atoms with Crippen molar-refractivity contribution in [1.29, 1.82) is 0 Å². The number of benzene rings is 1. The van der Waals surface area contributed by atoms with Crippen molar-refractivity contribution in [3.05, 3.63) is 55.7 Å². The first-order valence-electron chi connectivity index (χ1n) is 3.10. The van der Waals surface area contributed by atoms with Crippen LogP contribution in [0, 0.1) is 0 Å². The Hall–Kier alpha value is -1.68. The Morgan fingerprint density at radius 2 is 1.46 bits per heavy atom. The van der Waals surface area contributed by atoms with Gasteiger partial charge >= 0.3 is 0 Å². The average Bonchev–Trinajstić information content (AvgIpc) is 2.17. The van der Waals surface area contributed by atoms with Crippen LogP contribution in [0.1, 0.15) is 0 Å². The van der Waals surface area contributed by atoms with Gasteiger partial charge in [0, 0.05) is 9.38 Å². The van der Waals surface area contributed by atoms with Crippen LogP contribution in [0.4, 0.5) is 0 Å². The normalized spacial score (nSPS) is 6.85. The van der Waals surface area contributed by atoms with E-state index in [1.54, 1.807) is 0 Å². The van der Waals surface area contributed by atoms with Crippen molar-refractivity contribution < 1.29 is 0 Å². The maximum atomic E-state index is 7.39. The van der Waals surface area contributed by atoms with E-state index in [2.05, 4.69) is 36.2 Å². The lowest BCUT2D eigenvalue weighted by Crippen LogP contribution is -1.55. The molecule has 13 heavy (non-hydrogen) atoms. The number of azide groups is 2. The highest BCUT2D eigenvalue weighted by atomic mass is 79.9. The maximum absolute atomic E-state index is 7.39. The fourth-order valence-corrected chi connectivity index (χ4v) is 0.756. The summed E-state index contributed by atoms with van der Waals surface area (Å²) in [5, 5.41) is 4.96. The summed E-state index contributed by atoms with van der Waals surface area (Å²) in [6.45, 7) is 0. The first kappa shape index (κ1) is 11.3. The molecule has 66 valence electrons. The molecule has 0 saturated carbocycles. The van der Waals surface area contributed by atoms with Crippen molar-refractivity contribution in [1.82, 2.24) is 0 Å². The Labute approximate surface area is 82.5 Å². The van der Waals surface area contributed by atoms with Crippen LogP contribution < -0.4 is 0 Å². The second kappa shape index (κ2) is 8.42. The zero-order chi connectivity index (χ0) is 9.94. The molecule has 0 bridgehead atoms.